The third kappa shape index (κ3) is 5.08. The quantitative estimate of drug-likeness (QED) is 0.0430. The minimum Gasteiger partial charge on any atom is -0.478 e. The SMILES string of the molecule is N=c1ccc2c(-c3ccc(C(=O)c4c(F)c(F)cc(F)c4F)cc3C(=O)O)c3ccc(N)c(S(=O)(=O)O)c3oc-2c1S(=O)(=O)O. The van der Waals surface area contributed by atoms with E-state index in [4.69, 9.17) is 15.6 Å². The molecule has 1 aliphatic carbocycles. The molecule has 1 aliphatic heterocycles. The fourth-order valence-electron chi connectivity index (χ4n) is 4.79. The number of carboxylic acid groups (broad SMARTS) is 1. The Bertz CT molecular complexity index is 2380. The smallest absolute Gasteiger partial charge is 0.336 e. The lowest BCUT2D eigenvalue weighted by molar-refractivity contribution is 0.0697. The molecule has 18 heteroatoms. The summed E-state index contributed by atoms with van der Waals surface area (Å²) >= 11 is 0. The third-order valence-corrected chi connectivity index (χ3v) is 8.49. The molecule has 6 N–H and O–H groups in total. The van der Waals surface area contributed by atoms with Gasteiger partial charge in [0.2, 0.25) is 0 Å². The third-order valence-electron chi connectivity index (χ3n) is 6.63. The fraction of sp³-hybridized carbons (Fsp3) is 0. The summed E-state index contributed by atoms with van der Waals surface area (Å²) in [5, 5.41) is 16.9. The van der Waals surface area contributed by atoms with Crippen LogP contribution >= 0.6 is 0 Å². The Morgan fingerprint density at radius 1 is 0.800 bits per heavy atom. The molecule has 3 aromatic rings. The zero-order valence-electron chi connectivity index (χ0n) is 21.7. The van der Waals surface area contributed by atoms with Crippen LogP contribution in [0.25, 0.3) is 33.4 Å². The summed E-state index contributed by atoms with van der Waals surface area (Å²) in [5.41, 5.74) is -0.127. The summed E-state index contributed by atoms with van der Waals surface area (Å²) < 4.78 is 131. The van der Waals surface area contributed by atoms with E-state index in [-0.39, 0.29) is 22.6 Å². The van der Waals surface area contributed by atoms with E-state index in [1.807, 2.05) is 0 Å². The summed E-state index contributed by atoms with van der Waals surface area (Å²) in [7, 11) is -10.5. The summed E-state index contributed by atoms with van der Waals surface area (Å²) in [6.45, 7) is 0. The van der Waals surface area contributed by atoms with E-state index in [2.05, 4.69) is 0 Å². The first kappa shape index (κ1) is 31.3. The Morgan fingerprint density at radius 3 is 1.93 bits per heavy atom. The molecule has 0 radical (unpaired) electrons. The van der Waals surface area contributed by atoms with Gasteiger partial charge in [0.25, 0.3) is 20.2 Å². The summed E-state index contributed by atoms with van der Waals surface area (Å²) in [4.78, 5) is 23.2. The maximum absolute atomic E-state index is 14.4. The van der Waals surface area contributed by atoms with Crippen LogP contribution in [-0.4, -0.2) is 42.8 Å². The van der Waals surface area contributed by atoms with Crippen molar-refractivity contribution in [2.45, 2.75) is 9.79 Å². The van der Waals surface area contributed by atoms with Crippen LogP contribution in [0.15, 0.2) is 62.7 Å². The molecule has 0 saturated heterocycles. The maximum Gasteiger partial charge on any atom is 0.336 e. The number of hydrogen-bond donors (Lipinski definition) is 5. The lowest BCUT2D eigenvalue weighted by Gasteiger charge is -2.20. The Labute approximate surface area is 248 Å². The highest BCUT2D eigenvalue weighted by Crippen LogP contribution is 2.45. The molecular formula is C27H14F4N2O10S2. The summed E-state index contributed by atoms with van der Waals surface area (Å²) in [6.07, 6.45) is 0. The van der Waals surface area contributed by atoms with Gasteiger partial charge in [0.15, 0.2) is 50.2 Å². The summed E-state index contributed by atoms with van der Waals surface area (Å²) in [6, 6.07) is 6.12. The Hall–Kier alpha value is -5.17. The van der Waals surface area contributed by atoms with E-state index in [1.54, 1.807) is 0 Å². The Kier molecular flexibility index (Phi) is 7.28. The lowest BCUT2D eigenvalue weighted by Crippen LogP contribution is -2.17. The Morgan fingerprint density at radius 2 is 1.38 bits per heavy atom. The van der Waals surface area contributed by atoms with Crippen molar-refractivity contribution in [3.05, 3.63) is 93.8 Å². The first-order valence-corrected chi connectivity index (χ1v) is 14.8. The van der Waals surface area contributed by atoms with E-state index < -0.39 is 110 Å². The number of carboxylic acids is 1. The molecule has 12 nitrogen and oxygen atoms in total. The van der Waals surface area contributed by atoms with Crippen LogP contribution in [0, 0.1) is 28.7 Å². The van der Waals surface area contributed by atoms with Crippen molar-refractivity contribution in [1.82, 2.24) is 0 Å². The van der Waals surface area contributed by atoms with E-state index >= 15 is 0 Å². The van der Waals surface area contributed by atoms with Crippen molar-refractivity contribution in [2.24, 2.45) is 0 Å². The van der Waals surface area contributed by atoms with Crippen molar-refractivity contribution < 1.29 is 62.6 Å². The van der Waals surface area contributed by atoms with Gasteiger partial charge in [0, 0.05) is 28.1 Å². The average molecular weight is 667 g/mol. The van der Waals surface area contributed by atoms with E-state index in [0.29, 0.717) is 6.07 Å². The number of benzene rings is 4. The van der Waals surface area contributed by atoms with E-state index in [9.17, 15) is 58.2 Å². The minimum absolute atomic E-state index is 0.138. The number of carbonyl (C=O) groups excluding carboxylic acids is 1. The number of halogens is 4. The van der Waals surface area contributed by atoms with Gasteiger partial charge in [-0.1, -0.05) is 12.1 Å². The molecule has 2 aliphatic rings. The number of nitrogens with one attached hydrogen (secondary N) is 1. The Balaban J connectivity index is 1.94. The molecular weight excluding hydrogens is 652 g/mol. The van der Waals surface area contributed by atoms with Gasteiger partial charge < -0.3 is 15.3 Å². The molecule has 0 bridgehead atoms. The highest BCUT2D eigenvalue weighted by molar-refractivity contribution is 7.86. The predicted molar refractivity (Wildman–Crippen MR) is 145 cm³/mol. The minimum atomic E-state index is -5.29. The molecule has 5 rings (SSSR count). The predicted octanol–water partition coefficient (Wildman–Crippen LogP) is 4.25. The molecule has 45 heavy (non-hydrogen) atoms. The van der Waals surface area contributed by atoms with E-state index in [0.717, 1.165) is 36.4 Å². The molecule has 0 fully saturated rings. The molecule has 1 heterocycles. The topological polar surface area (TPSA) is 226 Å². The van der Waals surface area contributed by atoms with Crippen LogP contribution in [0.5, 0.6) is 0 Å². The monoisotopic (exact) mass is 666 g/mol. The number of hydrogen-bond acceptors (Lipinski definition) is 9. The zero-order chi connectivity index (χ0) is 33.3. The molecule has 0 aromatic heterocycles. The molecule has 0 atom stereocenters. The van der Waals surface area contributed by atoms with Gasteiger partial charge in [-0.25, -0.2) is 22.4 Å². The van der Waals surface area contributed by atoms with Gasteiger partial charge in [-0.05, 0) is 35.9 Å². The number of carbonyl (C=O) groups is 2. The molecule has 0 amide bonds. The second-order valence-corrected chi connectivity index (χ2v) is 12.1. The number of ketones is 1. The lowest BCUT2D eigenvalue weighted by atomic mass is 9.88. The van der Waals surface area contributed by atoms with Crippen molar-refractivity contribution in [3.8, 4) is 22.5 Å². The van der Waals surface area contributed by atoms with Crippen LogP contribution < -0.4 is 11.1 Å². The fourth-order valence-corrected chi connectivity index (χ4v) is 6.28. The maximum atomic E-state index is 14.4. The number of rotatable bonds is 6. The second kappa shape index (κ2) is 10.5. The number of nitrogen functional groups attached to an aromatic ring is 1. The molecule has 0 spiro atoms. The van der Waals surface area contributed by atoms with Gasteiger partial charge in [-0.15, -0.1) is 0 Å². The first-order valence-electron chi connectivity index (χ1n) is 11.9. The van der Waals surface area contributed by atoms with Gasteiger partial charge in [-0.2, -0.15) is 16.8 Å². The van der Waals surface area contributed by atoms with Crippen LogP contribution in [0.2, 0.25) is 0 Å². The molecule has 0 unspecified atom stereocenters. The van der Waals surface area contributed by atoms with Gasteiger partial charge in [0.1, 0.15) is 5.56 Å². The van der Waals surface area contributed by atoms with Crippen LogP contribution in [0.4, 0.5) is 23.2 Å². The van der Waals surface area contributed by atoms with Crippen LogP contribution in [0.3, 0.4) is 0 Å². The highest BCUT2D eigenvalue weighted by Gasteiger charge is 2.33. The highest BCUT2D eigenvalue weighted by atomic mass is 32.2. The summed E-state index contributed by atoms with van der Waals surface area (Å²) in [5.74, 6) is -12.3. The van der Waals surface area contributed by atoms with Crippen LogP contribution in [-0.2, 0) is 20.2 Å². The number of nitrogens with two attached hydrogens (primary N) is 1. The van der Waals surface area contributed by atoms with Crippen LogP contribution in [0.1, 0.15) is 26.3 Å². The molecule has 3 aromatic carbocycles. The standard InChI is InChI=1S/C27H14F4N2O10S2/c28-14-8-15(29)21(31)19(20(14)30)22(34)9-1-2-10(13(7-9)27(35)36)18-11-3-5-16(32)25(44(37,38)39)23(11)43-24-12(18)4-6-17(33)26(24)45(40,41)42/h1-8,32H,33H2,(H,35,36)(H,37,38,39)(H,40,41,42). The van der Waals surface area contributed by atoms with Crippen molar-refractivity contribution in [3.63, 3.8) is 0 Å². The number of anilines is 1. The average Bonchev–Trinajstić information content (AvgIpc) is 2.93. The molecule has 0 saturated carbocycles. The first-order chi connectivity index (χ1) is 20.8. The van der Waals surface area contributed by atoms with Crippen molar-refractivity contribution in [1.29, 1.82) is 5.41 Å². The van der Waals surface area contributed by atoms with Gasteiger partial charge >= 0.3 is 5.97 Å². The normalized spacial score (nSPS) is 12.1. The molecule has 232 valence electrons. The van der Waals surface area contributed by atoms with E-state index in [1.165, 1.54) is 0 Å². The number of fused-ring (bicyclic) bond motifs is 2. The largest absolute Gasteiger partial charge is 0.478 e. The zero-order valence-corrected chi connectivity index (χ0v) is 23.4. The van der Waals surface area contributed by atoms with Crippen molar-refractivity contribution in [2.75, 3.05) is 5.73 Å². The number of aromatic carboxylic acids is 1. The van der Waals surface area contributed by atoms with Gasteiger partial charge in [-0.3, -0.25) is 19.3 Å². The van der Waals surface area contributed by atoms with Crippen molar-refractivity contribution >= 4 is 48.6 Å². The van der Waals surface area contributed by atoms with Gasteiger partial charge in [0.05, 0.1) is 16.6 Å². The second-order valence-electron chi connectivity index (χ2n) is 9.34.